The Labute approximate surface area is 136 Å². The normalized spacial score (nSPS) is 48.2. The summed E-state index contributed by atoms with van der Waals surface area (Å²) in [5.41, 5.74) is -2.32. The molecule has 1 saturated heterocycles. The number of fused-ring (bicyclic) bond motifs is 3. The van der Waals surface area contributed by atoms with Gasteiger partial charge in [0, 0.05) is 18.3 Å². The van der Waals surface area contributed by atoms with Crippen molar-refractivity contribution < 1.29 is 29.6 Å². The summed E-state index contributed by atoms with van der Waals surface area (Å²) in [6, 6.07) is 0. The molecule has 1 heterocycles. The third-order valence-corrected chi connectivity index (χ3v) is 6.39. The zero-order valence-electron chi connectivity index (χ0n) is 14.1. The van der Waals surface area contributed by atoms with Gasteiger partial charge in [0.2, 0.25) is 0 Å². The molecule has 6 heteroatoms. The van der Waals surface area contributed by atoms with Gasteiger partial charge in [0.05, 0.1) is 12.7 Å². The van der Waals surface area contributed by atoms with E-state index in [9.17, 15) is 20.1 Å². The van der Waals surface area contributed by atoms with E-state index in [1.54, 1.807) is 6.08 Å². The molecule has 23 heavy (non-hydrogen) atoms. The zero-order chi connectivity index (χ0) is 17.2. The number of ether oxygens (including phenoxy) is 2. The molecule has 6 unspecified atom stereocenters. The highest BCUT2D eigenvalue weighted by Gasteiger charge is 2.69. The maximum atomic E-state index is 11.6. The summed E-state index contributed by atoms with van der Waals surface area (Å²) >= 11 is 0. The molecule has 130 valence electrons. The van der Waals surface area contributed by atoms with Crippen LogP contribution in [0.1, 0.15) is 40.5 Å². The van der Waals surface area contributed by atoms with Crippen molar-refractivity contribution in [2.45, 2.75) is 64.6 Å². The topological polar surface area (TPSA) is 96.2 Å². The molecule has 2 aliphatic carbocycles. The summed E-state index contributed by atoms with van der Waals surface area (Å²) in [5, 5.41) is 32.1. The number of aliphatic hydroxyl groups excluding tert-OH is 2. The molecular formula is C17H26O6. The van der Waals surface area contributed by atoms with E-state index >= 15 is 0 Å². The van der Waals surface area contributed by atoms with Crippen LogP contribution in [0.3, 0.4) is 0 Å². The van der Waals surface area contributed by atoms with Gasteiger partial charge < -0.3 is 24.8 Å². The summed E-state index contributed by atoms with van der Waals surface area (Å²) in [6.45, 7) is 7.19. The van der Waals surface area contributed by atoms with Crippen molar-refractivity contribution in [3.05, 3.63) is 11.6 Å². The van der Waals surface area contributed by atoms with Crippen molar-refractivity contribution in [3.63, 3.8) is 0 Å². The predicted octanol–water partition coefficient (Wildman–Crippen LogP) is 0.741. The first-order valence-electron chi connectivity index (χ1n) is 8.13. The lowest BCUT2D eigenvalue weighted by Gasteiger charge is -2.61. The molecule has 2 fully saturated rings. The molecule has 1 aliphatic heterocycles. The lowest BCUT2D eigenvalue weighted by molar-refractivity contribution is -0.257. The van der Waals surface area contributed by atoms with E-state index in [0.29, 0.717) is 18.4 Å². The Bertz CT molecular complexity index is 555. The van der Waals surface area contributed by atoms with Crippen LogP contribution in [0, 0.1) is 16.7 Å². The highest BCUT2D eigenvalue weighted by atomic mass is 16.6. The van der Waals surface area contributed by atoms with E-state index < -0.39 is 40.9 Å². The van der Waals surface area contributed by atoms with E-state index in [2.05, 4.69) is 0 Å². The van der Waals surface area contributed by atoms with Crippen LogP contribution in [0.5, 0.6) is 0 Å². The fraction of sp³-hybridized carbons (Fsp3) is 0.824. The van der Waals surface area contributed by atoms with Gasteiger partial charge in [0.15, 0.2) is 6.29 Å². The fourth-order valence-corrected chi connectivity index (χ4v) is 5.18. The Hall–Kier alpha value is -0.950. The smallest absolute Gasteiger partial charge is 0.303 e. The molecule has 0 bridgehead atoms. The van der Waals surface area contributed by atoms with Crippen molar-refractivity contribution in [2.75, 3.05) is 6.61 Å². The molecule has 0 aromatic carbocycles. The minimum Gasteiger partial charge on any atom is -0.458 e. The number of carbonyl (C=O) groups excluding carboxylic acids is 1. The largest absolute Gasteiger partial charge is 0.458 e. The van der Waals surface area contributed by atoms with E-state index in [0.717, 1.165) is 0 Å². The summed E-state index contributed by atoms with van der Waals surface area (Å²) in [4.78, 5) is 11.6. The van der Waals surface area contributed by atoms with Gasteiger partial charge in [-0.1, -0.05) is 20.8 Å². The van der Waals surface area contributed by atoms with Crippen LogP contribution in [0.2, 0.25) is 0 Å². The van der Waals surface area contributed by atoms with Gasteiger partial charge in [-0.05, 0) is 29.9 Å². The molecule has 3 aliphatic rings. The number of hydrogen-bond donors (Lipinski definition) is 3. The Balaban J connectivity index is 2.17. The monoisotopic (exact) mass is 326 g/mol. The lowest BCUT2D eigenvalue weighted by atomic mass is 9.45. The Morgan fingerprint density at radius 3 is 2.61 bits per heavy atom. The van der Waals surface area contributed by atoms with Gasteiger partial charge in [-0.3, -0.25) is 4.79 Å². The Morgan fingerprint density at radius 1 is 1.35 bits per heavy atom. The van der Waals surface area contributed by atoms with Crippen molar-refractivity contribution in [3.8, 4) is 0 Å². The molecule has 3 N–H and O–H groups in total. The van der Waals surface area contributed by atoms with E-state index in [4.69, 9.17) is 9.47 Å². The molecule has 6 atom stereocenters. The number of hydrogen-bond acceptors (Lipinski definition) is 6. The van der Waals surface area contributed by atoms with Gasteiger partial charge in [-0.2, -0.15) is 0 Å². The van der Waals surface area contributed by atoms with Crippen molar-refractivity contribution >= 4 is 5.97 Å². The van der Waals surface area contributed by atoms with Crippen molar-refractivity contribution in [1.82, 2.24) is 0 Å². The third-order valence-electron chi connectivity index (χ3n) is 6.39. The van der Waals surface area contributed by atoms with Crippen molar-refractivity contribution in [2.24, 2.45) is 16.7 Å². The lowest BCUT2D eigenvalue weighted by Crippen LogP contribution is -2.68. The molecule has 3 rings (SSSR count). The summed E-state index contributed by atoms with van der Waals surface area (Å²) in [5.74, 6) is -0.747. The first-order valence-corrected chi connectivity index (χ1v) is 8.13. The quantitative estimate of drug-likeness (QED) is 0.486. The van der Waals surface area contributed by atoms with Gasteiger partial charge in [-0.25, -0.2) is 0 Å². The second kappa shape index (κ2) is 5.02. The van der Waals surface area contributed by atoms with E-state index in [1.807, 2.05) is 20.8 Å². The van der Waals surface area contributed by atoms with Crippen LogP contribution >= 0.6 is 0 Å². The molecule has 0 spiro atoms. The molecule has 0 aromatic heterocycles. The van der Waals surface area contributed by atoms with E-state index in [1.165, 1.54) is 6.92 Å². The van der Waals surface area contributed by atoms with Gasteiger partial charge in [-0.15, -0.1) is 0 Å². The molecule has 0 aromatic rings. The number of aliphatic hydroxyl groups is 3. The molecular weight excluding hydrogens is 300 g/mol. The van der Waals surface area contributed by atoms with Crippen LogP contribution in [0.25, 0.3) is 0 Å². The van der Waals surface area contributed by atoms with Crippen LogP contribution in [-0.2, 0) is 14.3 Å². The van der Waals surface area contributed by atoms with Gasteiger partial charge in [0.1, 0.15) is 11.7 Å². The molecule has 1 saturated carbocycles. The molecule has 0 radical (unpaired) electrons. The minimum atomic E-state index is -1.52. The first-order chi connectivity index (χ1) is 10.5. The first kappa shape index (κ1) is 16.9. The summed E-state index contributed by atoms with van der Waals surface area (Å²) in [6.07, 6.45) is 0.265. The summed E-state index contributed by atoms with van der Waals surface area (Å²) in [7, 11) is 0. The maximum absolute atomic E-state index is 11.6. The highest BCUT2D eigenvalue weighted by Crippen LogP contribution is 2.63. The maximum Gasteiger partial charge on any atom is 0.303 e. The van der Waals surface area contributed by atoms with Gasteiger partial charge >= 0.3 is 5.97 Å². The van der Waals surface area contributed by atoms with Crippen molar-refractivity contribution in [1.29, 1.82) is 0 Å². The fourth-order valence-electron chi connectivity index (χ4n) is 5.18. The van der Waals surface area contributed by atoms with Crippen LogP contribution < -0.4 is 0 Å². The second-order valence-electron chi connectivity index (χ2n) is 7.97. The summed E-state index contributed by atoms with van der Waals surface area (Å²) < 4.78 is 10.8. The number of carbonyl (C=O) groups is 1. The minimum absolute atomic E-state index is 0.112. The second-order valence-corrected chi connectivity index (χ2v) is 7.97. The average Bonchev–Trinajstić information content (AvgIpc) is 2.72. The van der Waals surface area contributed by atoms with Crippen LogP contribution in [0.15, 0.2) is 11.6 Å². The zero-order valence-corrected chi connectivity index (χ0v) is 14.1. The van der Waals surface area contributed by atoms with E-state index in [-0.39, 0.29) is 12.5 Å². The molecule has 6 nitrogen and oxygen atoms in total. The molecule has 0 amide bonds. The Kier molecular flexibility index (Phi) is 3.69. The standard InChI is InChI=1S/C17H26O6/c1-9(18)23-11-7-10-8-22-14(20)17(10,21)16(4)6-5-12(19)15(2,3)13(11)16/h7,11-14,19-21H,5-6,8H2,1-4H3. The third kappa shape index (κ3) is 2.05. The van der Waals surface area contributed by atoms with Crippen LogP contribution in [0.4, 0.5) is 0 Å². The highest BCUT2D eigenvalue weighted by molar-refractivity contribution is 5.66. The number of esters is 1. The van der Waals surface area contributed by atoms with Crippen LogP contribution in [-0.4, -0.2) is 52.0 Å². The average molecular weight is 326 g/mol. The predicted molar refractivity (Wildman–Crippen MR) is 81.2 cm³/mol. The Morgan fingerprint density at radius 2 is 2.00 bits per heavy atom. The number of rotatable bonds is 1. The van der Waals surface area contributed by atoms with Gasteiger partial charge in [0.25, 0.3) is 0 Å². The SMILES string of the molecule is CC(=O)OC1C=C2COC(O)C2(O)C2(C)CCC(O)C(C)(C)C12.